The summed E-state index contributed by atoms with van der Waals surface area (Å²) < 4.78 is 26.6. The van der Waals surface area contributed by atoms with E-state index < -0.39 is 29.2 Å². The van der Waals surface area contributed by atoms with E-state index in [1.807, 2.05) is 6.07 Å². The van der Waals surface area contributed by atoms with Crippen molar-refractivity contribution < 1.29 is 23.2 Å². The second-order valence-electron chi connectivity index (χ2n) is 6.82. The smallest absolute Gasteiger partial charge is 0.259 e. The van der Waals surface area contributed by atoms with Crippen molar-refractivity contribution in [2.75, 3.05) is 5.32 Å². The van der Waals surface area contributed by atoms with Crippen LogP contribution >= 0.6 is 0 Å². The topological polar surface area (TPSA) is 88.2 Å². The number of amides is 2. The maximum Gasteiger partial charge on any atom is 0.259 e. The number of ketones is 1. The molecule has 0 fully saturated rings. The number of fused-ring (bicyclic) bond motifs is 1. The molecule has 4 rings (SSSR count). The van der Waals surface area contributed by atoms with Crippen LogP contribution in [0.4, 0.5) is 14.5 Å². The Morgan fingerprint density at radius 3 is 2.65 bits per heavy atom. The van der Waals surface area contributed by atoms with Gasteiger partial charge in [-0.25, -0.2) is 8.78 Å². The van der Waals surface area contributed by atoms with Crippen LogP contribution in [0.3, 0.4) is 0 Å². The Bertz CT molecular complexity index is 1240. The Kier molecular flexibility index (Phi) is 5.36. The number of halogens is 2. The van der Waals surface area contributed by atoms with Gasteiger partial charge >= 0.3 is 0 Å². The van der Waals surface area contributed by atoms with Crippen LogP contribution in [0, 0.1) is 11.6 Å². The molecule has 0 radical (unpaired) electrons. The summed E-state index contributed by atoms with van der Waals surface area (Å²) in [6, 6.07) is 11.0. The van der Waals surface area contributed by atoms with Gasteiger partial charge in [0.05, 0.1) is 11.3 Å². The average molecular weight is 419 g/mol. The second-order valence-corrected chi connectivity index (χ2v) is 6.82. The minimum atomic E-state index is -1.09. The maximum atomic E-state index is 13.5. The van der Waals surface area contributed by atoms with Crippen molar-refractivity contribution in [3.8, 4) is 0 Å². The minimum absolute atomic E-state index is 0.127. The molecule has 0 saturated carbocycles. The fourth-order valence-corrected chi connectivity index (χ4v) is 3.11. The average Bonchev–Trinajstić information content (AvgIpc) is 2.78. The molecule has 2 aromatic carbocycles. The van der Waals surface area contributed by atoms with Crippen molar-refractivity contribution in [3.63, 3.8) is 0 Å². The summed E-state index contributed by atoms with van der Waals surface area (Å²) in [6.07, 6.45) is 4.43. The summed E-state index contributed by atoms with van der Waals surface area (Å²) in [5.74, 6) is -3.82. The highest BCUT2D eigenvalue weighted by molar-refractivity contribution is 6.36. The van der Waals surface area contributed by atoms with Gasteiger partial charge in [0.15, 0.2) is 11.6 Å². The third-order valence-electron chi connectivity index (χ3n) is 4.69. The lowest BCUT2D eigenvalue weighted by Gasteiger charge is -2.19. The molecule has 1 aliphatic heterocycles. The largest absolute Gasteiger partial charge is 0.348 e. The Morgan fingerprint density at radius 1 is 1.06 bits per heavy atom. The molecule has 0 bridgehead atoms. The Hall–Kier alpha value is -4.20. The van der Waals surface area contributed by atoms with Crippen LogP contribution in [0.5, 0.6) is 0 Å². The summed E-state index contributed by atoms with van der Waals surface area (Å²) in [6.45, 7) is 0.260. The number of nitrogens with zero attached hydrogens (tertiary/aromatic N) is 1. The SMILES string of the molecule is O=C1Nc2ccc(C(=O)NCc3cccnc3)cc2C(=O)/C1=C/c1ccc(F)c(F)c1. The van der Waals surface area contributed by atoms with Crippen LogP contribution in [0.1, 0.15) is 31.8 Å². The third-order valence-corrected chi connectivity index (χ3v) is 4.69. The summed E-state index contributed by atoms with van der Waals surface area (Å²) in [5.41, 5.74) is 1.36. The number of rotatable bonds is 4. The first-order chi connectivity index (χ1) is 14.9. The van der Waals surface area contributed by atoms with Crippen molar-refractivity contribution in [3.05, 3.63) is 100 Å². The minimum Gasteiger partial charge on any atom is -0.348 e. The first-order valence-electron chi connectivity index (χ1n) is 9.26. The molecule has 0 aliphatic carbocycles. The van der Waals surface area contributed by atoms with Crippen molar-refractivity contribution in [2.45, 2.75) is 6.54 Å². The highest BCUT2D eigenvalue weighted by atomic mass is 19.2. The van der Waals surface area contributed by atoms with E-state index in [4.69, 9.17) is 0 Å². The molecule has 6 nitrogen and oxygen atoms in total. The van der Waals surface area contributed by atoms with Crippen LogP contribution in [0.15, 0.2) is 66.5 Å². The van der Waals surface area contributed by atoms with E-state index in [-0.39, 0.29) is 34.5 Å². The predicted octanol–water partition coefficient (Wildman–Crippen LogP) is 3.51. The zero-order chi connectivity index (χ0) is 22.0. The van der Waals surface area contributed by atoms with Gasteiger partial charge in [0, 0.05) is 30.1 Å². The van der Waals surface area contributed by atoms with E-state index in [9.17, 15) is 23.2 Å². The van der Waals surface area contributed by atoms with Gasteiger partial charge in [0.1, 0.15) is 0 Å². The molecule has 2 heterocycles. The summed E-state index contributed by atoms with van der Waals surface area (Å²) in [7, 11) is 0. The van der Waals surface area contributed by atoms with Crippen LogP contribution < -0.4 is 10.6 Å². The van der Waals surface area contributed by atoms with E-state index in [0.717, 1.165) is 17.7 Å². The molecule has 1 aliphatic rings. The van der Waals surface area contributed by atoms with Gasteiger partial charge in [0.2, 0.25) is 5.78 Å². The molecule has 0 spiro atoms. The summed E-state index contributed by atoms with van der Waals surface area (Å²) >= 11 is 0. The van der Waals surface area contributed by atoms with E-state index in [1.54, 1.807) is 18.5 Å². The fraction of sp³-hybridized carbons (Fsp3) is 0.0435. The standard InChI is InChI=1S/C23H15F2N3O3/c24-18-5-3-13(9-19(18)25)8-17-21(29)16-10-15(4-6-20(16)28-23(17)31)22(30)27-12-14-2-1-7-26-11-14/h1-11H,12H2,(H,27,30)(H,28,31)/b17-8-. The highest BCUT2D eigenvalue weighted by Crippen LogP contribution is 2.28. The molecule has 8 heteroatoms. The highest BCUT2D eigenvalue weighted by Gasteiger charge is 2.29. The van der Waals surface area contributed by atoms with Crippen molar-refractivity contribution in [1.82, 2.24) is 10.3 Å². The summed E-state index contributed by atoms with van der Waals surface area (Å²) in [4.78, 5) is 41.7. The number of nitrogens with one attached hydrogen (secondary N) is 2. The van der Waals surface area contributed by atoms with Crippen molar-refractivity contribution >= 4 is 29.4 Å². The lowest BCUT2D eigenvalue weighted by Crippen LogP contribution is -2.28. The number of anilines is 1. The Balaban J connectivity index is 1.59. The number of hydrogen-bond donors (Lipinski definition) is 2. The lowest BCUT2D eigenvalue weighted by atomic mass is 9.93. The zero-order valence-electron chi connectivity index (χ0n) is 16.0. The number of aromatic nitrogens is 1. The fourth-order valence-electron chi connectivity index (χ4n) is 3.11. The second kappa shape index (κ2) is 8.27. The molecule has 0 atom stereocenters. The number of Topliss-reactive ketones (excluding diaryl/α,β-unsaturated/α-hetero) is 1. The van der Waals surface area contributed by atoms with E-state index >= 15 is 0 Å². The first-order valence-corrected chi connectivity index (χ1v) is 9.26. The van der Waals surface area contributed by atoms with Gasteiger partial charge in [0.25, 0.3) is 11.8 Å². The Morgan fingerprint density at radius 2 is 1.90 bits per heavy atom. The van der Waals surface area contributed by atoms with Crippen LogP contribution in [-0.2, 0) is 11.3 Å². The molecule has 0 unspecified atom stereocenters. The number of pyridine rings is 1. The normalized spacial score (nSPS) is 14.2. The third kappa shape index (κ3) is 4.23. The van der Waals surface area contributed by atoms with Gasteiger partial charge in [-0.3, -0.25) is 19.4 Å². The predicted molar refractivity (Wildman–Crippen MR) is 109 cm³/mol. The van der Waals surface area contributed by atoms with Crippen molar-refractivity contribution in [1.29, 1.82) is 0 Å². The van der Waals surface area contributed by atoms with Gasteiger partial charge in [-0.1, -0.05) is 12.1 Å². The van der Waals surface area contributed by atoms with Crippen LogP contribution in [0.2, 0.25) is 0 Å². The molecule has 1 aromatic heterocycles. The number of hydrogen-bond acceptors (Lipinski definition) is 4. The van der Waals surface area contributed by atoms with Crippen LogP contribution in [0.25, 0.3) is 6.08 Å². The molecular weight excluding hydrogens is 404 g/mol. The van der Waals surface area contributed by atoms with Crippen LogP contribution in [-0.4, -0.2) is 22.6 Å². The monoisotopic (exact) mass is 419 g/mol. The van der Waals surface area contributed by atoms with E-state index in [2.05, 4.69) is 15.6 Å². The molecular formula is C23H15F2N3O3. The van der Waals surface area contributed by atoms with E-state index in [0.29, 0.717) is 0 Å². The summed E-state index contributed by atoms with van der Waals surface area (Å²) in [5, 5.41) is 5.31. The molecule has 0 saturated heterocycles. The van der Waals surface area contributed by atoms with Gasteiger partial charge in [-0.15, -0.1) is 0 Å². The molecule has 3 aromatic rings. The van der Waals surface area contributed by atoms with Gasteiger partial charge in [-0.05, 0) is 53.6 Å². The Labute approximate surface area is 175 Å². The van der Waals surface area contributed by atoms with Gasteiger partial charge < -0.3 is 10.6 Å². The first kappa shape index (κ1) is 20.1. The zero-order valence-corrected chi connectivity index (χ0v) is 16.0. The number of carbonyl (C=O) groups excluding carboxylic acids is 3. The number of carbonyl (C=O) groups is 3. The quantitative estimate of drug-likeness (QED) is 0.501. The molecule has 154 valence electrons. The number of benzene rings is 2. The lowest BCUT2D eigenvalue weighted by molar-refractivity contribution is -0.112. The molecule has 2 N–H and O–H groups in total. The maximum absolute atomic E-state index is 13.5. The van der Waals surface area contributed by atoms with Crippen molar-refractivity contribution in [2.24, 2.45) is 0 Å². The molecule has 2 amide bonds. The van der Waals surface area contributed by atoms with Gasteiger partial charge in [-0.2, -0.15) is 0 Å². The molecule has 31 heavy (non-hydrogen) atoms. The van der Waals surface area contributed by atoms with E-state index in [1.165, 1.54) is 30.3 Å².